The molecule has 0 spiro atoms. The van der Waals surface area contributed by atoms with Crippen molar-refractivity contribution in [2.75, 3.05) is 11.9 Å². The van der Waals surface area contributed by atoms with Gasteiger partial charge in [-0.25, -0.2) is 4.39 Å². The summed E-state index contributed by atoms with van der Waals surface area (Å²) < 4.78 is 21.2. The first-order valence-corrected chi connectivity index (χ1v) is 13.9. The Morgan fingerprint density at radius 1 is 1.07 bits per heavy atom. The number of aryl methyl sites for hydroxylation is 1. The Balaban J connectivity index is 1.11. The molecule has 41 heavy (non-hydrogen) atoms. The highest BCUT2D eigenvalue weighted by Gasteiger charge is 2.31. The summed E-state index contributed by atoms with van der Waals surface area (Å²) in [6, 6.07) is 18.4. The van der Waals surface area contributed by atoms with Crippen molar-refractivity contribution in [3.63, 3.8) is 0 Å². The van der Waals surface area contributed by atoms with Crippen LogP contribution in [0.1, 0.15) is 45.6 Å². The van der Waals surface area contributed by atoms with E-state index in [1.165, 1.54) is 40.7 Å². The third-order valence-corrected chi connectivity index (χ3v) is 8.18. The van der Waals surface area contributed by atoms with Gasteiger partial charge in [0, 0.05) is 47.5 Å². The first kappa shape index (κ1) is 25.4. The maximum absolute atomic E-state index is 14.7. The van der Waals surface area contributed by atoms with Gasteiger partial charge in [0.2, 0.25) is 0 Å². The molecule has 1 fully saturated rings. The van der Waals surface area contributed by atoms with E-state index in [4.69, 9.17) is 4.52 Å². The molecule has 1 amide bonds. The predicted molar refractivity (Wildman–Crippen MR) is 155 cm³/mol. The molecule has 3 aromatic carbocycles. The topological polar surface area (TPSA) is 80.4 Å². The summed E-state index contributed by atoms with van der Waals surface area (Å²) >= 11 is 0. The maximum atomic E-state index is 14.7. The summed E-state index contributed by atoms with van der Waals surface area (Å²) in [7, 11) is 0. The van der Waals surface area contributed by atoms with E-state index in [2.05, 4.69) is 21.4 Å². The average Bonchev–Trinajstić information content (AvgIpc) is 3.73. The van der Waals surface area contributed by atoms with Gasteiger partial charge in [-0.3, -0.25) is 14.5 Å². The number of hydrogen-bond acceptors (Lipinski definition) is 5. The van der Waals surface area contributed by atoms with E-state index in [1.54, 1.807) is 24.6 Å². The summed E-state index contributed by atoms with van der Waals surface area (Å²) in [6.07, 6.45) is 6.83. The van der Waals surface area contributed by atoms with Crippen LogP contribution in [0.25, 0.3) is 21.9 Å². The van der Waals surface area contributed by atoms with Crippen LogP contribution in [0.3, 0.4) is 0 Å². The molecule has 3 heterocycles. The van der Waals surface area contributed by atoms with E-state index >= 15 is 0 Å². The molecule has 0 bridgehead atoms. The molecule has 7 nitrogen and oxygen atoms in total. The van der Waals surface area contributed by atoms with Gasteiger partial charge in [0.05, 0.1) is 12.2 Å². The number of fused-ring (bicyclic) bond motifs is 2. The van der Waals surface area contributed by atoms with E-state index in [-0.39, 0.29) is 23.6 Å². The van der Waals surface area contributed by atoms with E-state index < -0.39 is 5.82 Å². The number of aromatic nitrogens is 2. The minimum Gasteiger partial charge on any atom is -0.364 e. The number of halogens is 1. The van der Waals surface area contributed by atoms with E-state index in [0.717, 1.165) is 41.7 Å². The molecular formula is C33H29FN4O3. The highest BCUT2D eigenvalue weighted by Crippen LogP contribution is 2.32. The predicted octanol–water partition coefficient (Wildman–Crippen LogP) is 5.93. The standard InChI is InChI=1S/C33H29FN4O3/c1-20-31(19-41-36-20)23-3-7-30-24(14-23)9-11-38(33(30)40)17-21-12-25(15-27(34)13-21)32(39)35-28-4-2-22-8-10-37(29-5-6-29)18-26(22)16-28/h2-4,7,9,11-16,19,29H,5-6,8,10,17-18H2,1H3,(H,35,39). The van der Waals surface area contributed by atoms with Gasteiger partial charge in [0.15, 0.2) is 0 Å². The van der Waals surface area contributed by atoms with Crippen molar-refractivity contribution in [1.82, 2.24) is 14.6 Å². The third kappa shape index (κ3) is 5.07. The lowest BCUT2D eigenvalue weighted by atomic mass is 9.99. The molecular weight excluding hydrogens is 519 g/mol. The zero-order valence-corrected chi connectivity index (χ0v) is 22.7. The molecule has 0 radical (unpaired) electrons. The lowest BCUT2D eigenvalue weighted by Gasteiger charge is -2.29. The molecule has 8 heteroatoms. The van der Waals surface area contributed by atoms with Crippen molar-refractivity contribution in [1.29, 1.82) is 0 Å². The fourth-order valence-electron chi connectivity index (χ4n) is 5.83. The van der Waals surface area contributed by atoms with Gasteiger partial charge in [-0.1, -0.05) is 17.3 Å². The first-order valence-electron chi connectivity index (χ1n) is 13.9. The van der Waals surface area contributed by atoms with Gasteiger partial charge >= 0.3 is 0 Å². The second-order valence-electron chi connectivity index (χ2n) is 11.1. The second kappa shape index (κ2) is 10.1. The number of nitrogens with one attached hydrogen (secondary N) is 1. The Morgan fingerprint density at radius 3 is 2.76 bits per heavy atom. The number of pyridine rings is 1. The molecule has 206 valence electrons. The molecule has 5 aromatic rings. The van der Waals surface area contributed by atoms with Crippen LogP contribution in [-0.2, 0) is 19.5 Å². The van der Waals surface area contributed by atoms with Crippen molar-refractivity contribution >= 4 is 22.4 Å². The van der Waals surface area contributed by atoms with Crippen LogP contribution in [0.5, 0.6) is 0 Å². The number of carbonyl (C=O) groups is 1. The number of anilines is 1. The molecule has 2 aromatic heterocycles. The number of amides is 1. The van der Waals surface area contributed by atoms with E-state index in [9.17, 15) is 14.0 Å². The van der Waals surface area contributed by atoms with E-state index in [0.29, 0.717) is 22.7 Å². The fraction of sp³-hybridized carbons (Fsp3) is 0.242. The molecule has 1 aliphatic carbocycles. The van der Waals surface area contributed by atoms with Crippen molar-refractivity contribution < 1.29 is 13.7 Å². The third-order valence-electron chi connectivity index (χ3n) is 8.18. The van der Waals surface area contributed by atoms with Crippen LogP contribution in [0.4, 0.5) is 10.1 Å². The smallest absolute Gasteiger partial charge is 0.258 e. The van der Waals surface area contributed by atoms with Crippen LogP contribution in [0.15, 0.2) is 82.4 Å². The number of hydrogen-bond donors (Lipinski definition) is 1. The Labute approximate surface area is 236 Å². The van der Waals surface area contributed by atoms with Crippen LogP contribution in [-0.4, -0.2) is 33.1 Å². The van der Waals surface area contributed by atoms with Crippen LogP contribution < -0.4 is 10.9 Å². The van der Waals surface area contributed by atoms with Crippen molar-refractivity contribution in [2.24, 2.45) is 0 Å². The Kier molecular flexibility index (Phi) is 6.27. The van der Waals surface area contributed by atoms with Gasteiger partial charge < -0.3 is 14.4 Å². The fourth-order valence-corrected chi connectivity index (χ4v) is 5.83. The minimum atomic E-state index is -0.527. The Bertz CT molecular complexity index is 1870. The highest BCUT2D eigenvalue weighted by molar-refractivity contribution is 6.04. The summed E-state index contributed by atoms with van der Waals surface area (Å²) in [5.41, 5.74) is 6.35. The maximum Gasteiger partial charge on any atom is 0.258 e. The lowest BCUT2D eigenvalue weighted by molar-refractivity contribution is 0.102. The van der Waals surface area contributed by atoms with Gasteiger partial charge in [0.25, 0.3) is 11.5 Å². The molecule has 1 saturated carbocycles. The lowest BCUT2D eigenvalue weighted by Crippen LogP contribution is -2.32. The monoisotopic (exact) mass is 548 g/mol. The summed E-state index contributed by atoms with van der Waals surface area (Å²) in [6.45, 7) is 3.98. The molecule has 7 rings (SSSR count). The number of carbonyl (C=O) groups excluding carboxylic acids is 1. The molecule has 1 N–H and O–H groups in total. The minimum absolute atomic E-state index is 0.134. The molecule has 0 saturated heterocycles. The van der Waals surface area contributed by atoms with Gasteiger partial charge in [-0.2, -0.15) is 0 Å². The number of nitrogens with zero attached hydrogens (tertiary/aromatic N) is 3. The first-order chi connectivity index (χ1) is 19.9. The van der Waals surface area contributed by atoms with Crippen molar-refractivity contribution in [3.05, 3.63) is 117 Å². The number of benzene rings is 3. The quantitative estimate of drug-likeness (QED) is 0.285. The highest BCUT2D eigenvalue weighted by atomic mass is 19.1. The van der Waals surface area contributed by atoms with Crippen LogP contribution >= 0.6 is 0 Å². The van der Waals surface area contributed by atoms with Crippen LogP contribution in [0, 0.1) is 12.7 Å². The zero-order chi connectivity index (χ0) is 28.1. The summed E-state index contributed by atoms with van der Waals surface area (Å²) in [5, 5.41) is 8.20. The van der Waals surface area contributed by atoms with Crippen molar-refractivity contribution in [2.45, 2.75) is 45.3 Å². The second-order valence-corrected chi connectivity index (χ2v) is 11.1. The normalized spacial score (nSPS) is 15.2. The SMILES string of the molecule is Cc1nocc1-c1ccc2c(=O)n(Cc3cc(F)cc(C(=O)Nc4ccc5c(c4)CN(C4CC4)CC5)c3)ccc2c1. The Morgan fingerprint density at radius 2 is 1.95 bits per heavy atom. The number of rotatable bonds is 6. The van der Waals surface area contributed by atoms with Gasteiger partial charge in [-0.05, 0) is 102 Å². The summed E-state index contributed by atoms with van der Waals surface area (Å²) in [4.78, 5) is 28.9. The Hall–Kier alpha value is -4.56. The van der Waals surface area contributed by atoms with Gasteiger partial charge in [-0.15, -0.1) is 0 Å². The van der Waals surface area contributed by atoms with E-state index in [1.807, 2.05) is 37.3 Å². The average molecular weight is 549 g/mol. The molecule has 2 aliphatic rings. The molecule has 0 unspecified atom stereocenters. The molecule has 1 aliphatic heterocycles. The molecule has 0 atom stereocenters. The van der Waals surface area contributed by atoms with Crippen molar-refractivity contribution in [3.8, 4) is 11.1 Å². The summed E-state index contributed by atoms with van der Waals surface area (Å²) in [5.74, 6) is -0.913. The largest absolute Gasteiger partial charge is 0.364 e. The zero-order valence-electron chi connectivity index (χ0n) is 22.7. The van der Waals surface area contributed by atoms with Crippen LogP contribution in [0.2, 0.25) is 0 Å². The van der Waals surface area contributed by atoms with Gasteiger partial charge in [0.1, 0.15) is 12.1 Å².